The highest BCUT2D eigenvalue weighted by molar-refractivity contribution is 5.89. The molecule has 116 valence electrons. The predicted octanol–water partition coefficient (Wildman–Crippen LogP) is 2.68. The van der Waals surface area contributed by atoms with Crippen LogP contribution in [0.25, 0.3) is 0 Å². The molecule has 0 spiro atoms. The fourth-order valence-corrected chi connectivity index (χ4v) is 2.47. The number of rotatable bonds is 1. The lowest BCUT2D eigenvalue weighted by molar-refractivity contribution is 0.176. The number of aliphatic hydroxyl groups is 1. The number of aliphatic hydroxyl groups excluding tert-OH is 1. The van der Waals surface area contributed by atoms with Gasteiger partial charge in [-0.25, -0.2) is 4.79 Å². The first-order chi connectivity index (χ1) is 11.2. The lowest BCUT2D eigenvalue weighted by atomic mass is 10.1. The van der Waals surface area contributed by atoms with Crippen LogP contribution in [0.15, 0.2) is 54.6 Å². The first-order valence-electron chi connectivity index (χ1n) is 7.62. The van der Waals surface area contributed by atoms with E-state index in [-0.39, 0.29) is 6.03 Å². The van der Waals surface area contributed by atoms with Crippen LogP contribution in [0, 0.1) is 11.8 Å². The van der Waals surface area contributed by atoms with E-state index in [9.17, 15) is 9.90 Å². The normalized spacial score (nSPS) is 16.6. The third kappa shape index (κ3) is 4.12. The average Bonchev–Trinajstić information content (AvgIpc) is 3.01. The Kier molecular flexibility index (Phi) is 4.60. The van der Waals surface area contributed by atoms with Crippen LogP contribution in [0.3, 0.4) is 0 Å². The molecule has 1 heterocycles. The number of urea groups is 1. The van der Waals surface area contributed by atoms with Crippen LogP contribution < -0.4 is 5.32 Å². The molecule has 0 radical (unpaired) electrons. The molecule has 0 bridgehead atoms. The van der Waals surface area contributed by atoms with E-state index in [2.05, 4.69) is 17.2 Å². The van der Waals surface area contributed by atoms with E-state index in [0.29, 0.717) is 25.2 Å². The Hall–Kier alpha value is -2.77. The molecule has 0 aliphatic carbocycles. The summed E-state index contributed by atoms with van der Waals surface area (Å²) in [5, 5.41) is 12.3. The van der Waals surface area contributed by atoms with Gasteiger partial charge in [0.15, 0.2) is 0 Å². The lowest BCUT2D eigenvalue weighted by Crippen LogP contribution is -2.33. The minimum Gasteiger partial charge on any atom is -0.391 e. The van der Waals surface area contributed by atoms with E-state index in [1.54, 1.807) is 4.90 Å². The molecule has 1 aliphatic rings. The number of likely N-dealkylation sites (tertiary alicyclic amines) is 1. The summed E-state index contributed by atoms with van der Waals surface area (Å²) in [5.41, 5.74) is 2.50. The number of carbonyl (C=O) groups excluding carboxylic acids is 1. The minimum atomic E-state index is -0.413. The third-order valence-corrected chi connectivity index (χ3v) is 3.69. The Balaban J connectivity index is 1.68. The number of hydrogen-bond donors (Lipinski definition) is 2. The number of hydrogen-bond acceptors (Lipinski definition) is 2. The van der Waals surface area contributed by atoms with Gasteiger partial charge in [0.05, 0.1) is 6.10 Å². The highest BCUT2D eigenvalue weighted by Gasteiger charge is 2.24. The second kappa shape index (κ2) is 6.99. The first kappa shape index (κ1) is 15.1. The van der Waals surface area contributed by atoms with Crippen LogP contribution in [-0.4, -0.2) is 35.2 Å². The van der Waals surface area contributed by atoms with E-state index < -0.39 is 6.10 Å². The van der Waals surface area contributed by atoms with Gasteiger partial charge in [-0.1, -0.05) is 36.1 Å². The van der Waals surface area contributed by atoms with E-state index >= 15 is 0 Å². The molecule has 4 nitrogen and oxygen atoms in total. The van der Waals surface area contributed by atoms with Crippen molar-refractivity contribution >= 4 is 11.7 Å². The molecule has 1 aliphatic heterocycles. The zero-order valence-corrected chi connectivity index (χ0v) is 12.7. The van der Waals surface area contributed by atoms with E-state index in [1.165, 1.54) is 0 Å². The van der Waals surface area contributed by atoms with Crippen LogP contribution in [0.4, 0.5) is 10.5 Å². The summed E-state index contributed by atoms with van der Waals surface area (Å²) in [6, 6.07) is 17.0. The van der Waals surface area contributed by atoms with Crippen LogP contribution in [-0.2, 0) is 0 Å². The quantitative estimate of drug-likeness (QED) is 0.796. The maximum absolute atomic E-state index is 12.1. The fourth-order valence-electron chi connectivity index (χ4n) is 2.47. The van der Waals surface area contributed by atoms with Crippen molar-refractivity contribution in [2.45, 2.75) is 12.5 Å². The average molecular weight is 306 g/mol. The van der Waals surface area contributed by atoms with E-state index in [0.717, 1.165) is 11.1 Å². The lowest BCUT2D eigenvalue weighted by Gasteiger charge is -2.16. The highest BCUT2D eigenvalue weighted by atomic mass is 16.3. The predicted molar refractivity (Wildman–Crippen MR) is 90.1 cm³/mol. The Morgan fingerprint density at radius 3 is 2.57 bits per heavy atom. The summed E-state index contributed by atoms with van der Waals surface area (Å²) in [6.07, 6.45) is 0.222. The summed E-state index contributed by atoms with van der Waals surface area (Å²) in [4.78, 5) is 13.7. The molecule has 2 N–H and O–H groups in total. The zero-order valence-electron chi connectivity index (χ0n) is 12.7. The molecule has 0 saturated carbocycles. The zero-order chi connectivity index (χ0) is 16.1. The summed E-state index contributed by atoms with van der Waals surface area (Å²) < 4.78 is 0. The molecule has 3 rings (SSSR count). The van der Waals surface area contributed by atoms with E-state index in [1.807, 2.05) is 54.6 Å². The number of anilines is 1. The van der Waals surface area contributed by atoms with Gasteiger partial charge < -0.3 is 15.3 Å². The Labute approximate surface area is 135 Å². The number of amides is 2. The van der Waals surface area contributed by atoms with Crippen molar-refractivity contribution in [3.63, 3.8) is 0 Å². The maximum atomic E-state index is 12.1. The smallest absolute Gasteiger partial charge is 0.321 e. The van der Waals surface area contributed by atoms with Crippen LogP contribution in [0.2, 0.25) is 0 Å². The van der Waals surface area contributed by atoms with Crippen LogP contribution >= 0.6 is 0 Å². The van der Waals surface area contributed by atoms with Crippen molar-refractivity contribution in [1.29, 1.82) is 0 Å². The second-order valence-corrected chi connectivity index (χ2v) is 5.52. The molecule has 1 unspecified atom stereocenters. The Morgan fingerprint density at radius 2 is 1.83 bits per heavy atom. The molecule has 2 amide bonds. The second-order valence-electron chi connectivity index (χ2n) is 5.52. The number of β-amino-alcohol motifs (C(OH)–C–C–N with tert-alkyl or cyclic N) is 1. The van der Waals surface area contributed by atoms with Crippen molar-refractivity contribution in [2.75, 3.05) is 18.4 Å². The van der Waals surface area contributed by atoms with Crippen LogP contribution in [0.1, 0.15) is 17.5 Å². The molecule has 23 heavy (non-hydrogen) atoms. The molecule has 4 heteroatoms. The number of benzene rings is 2. The first-order valence-corrected chi connectivity index (χ1v) is 7.62. The van der Waals surface area contributed by atoms with Gasteiger partial charge in [-0.05, 0) is 36.8 Å². The highest BCUT2D eigenvalue weighted by Crippen LogP contribution is 2.14. The fraction of sp³-hybridized carbons (Fsp3) is 0.211. The number of carbonyl (C=O) groups is 1. The molecule has 0 aromatic heterocycles. The minimum absolute atomic E-state index is 0.185. The summed E-state index contributed by atoms with van der Waals surface area (Å²) in [5.74, 6) is 6.19. The van der Waals surface area contributed by atoms with Gasteiger partial charge in [-0.3, -0.25) is 0 Å². The van der Waals surface area contributed by atoms with Gasteiger partial charge in [0.1, 0.15) is 0 Å². The Morgan fingerprint density at radius 1 is 1.09 bits per heavy atom. The van der Waals surface area contributed by atoms with Gasteiger partial charge in [0, 0.05) is 29.9 Å². The van der Waals surface area contributed by atoms with Crippen molar-refractivity contribution in [1.82, 2.24) is 4.90 Å². The summed E-state index contributed by atoms with van der Waals surface area (Å²) in [7, 11) is 0. The topological polar surface area (TPSA) is 52.6 Å². The van der Waals surface area contributed by atoms with Gasteiger partial charge >= 0.3 is 6.03 Å². The van der Waals surface area contributed by atoms with E-state index in [4.69, 9.17) is 0 Å². The largest absolute Gasteiger partial charge is 0.391 e. The van der Waals surface area contributed by atoms with Crippen LogP contribution in [0.5, 0.6) is 0 Å². The molecular formula is C19H18N2O2. The van der Waals surface area contributed by atoms with Gasteiger partial charge in [-0.15, -0.1) is 0 Å². The molecule has 1 fully saturated rings. The maximum Gasteiger partial charge on any atom is 0.321 e. The molecular weight excluding hydrogens is 288 g/mol. The Bertz CT molecular complexity index is 747. The number of nitrogens with zero attached hydrogens (tertiary/aromatic N) is 1. The van der Waals surface area contributed by atoms with Crippen molar-refractivity contribution in [3.05, 3.63) is 65.7 Å². The monoisotopic (exact) mass is 306 g/mol. The van der Waals surface area contributed by atoms with Crippen molar-refractivity contribution in [3.8, 4) is 11.8 Å². The standard InChI is InChI=1S/C19H18N2O2/c22-18-11-12-21(14-18)19(23)20-17-8-4-7-16(13-17)10-9-15-5-2-1-3-6-15/h1-8,13,18,22H,11-12,14H2,(H,20,23). The van der Waals surface area contributed by atoms with Gasteiger partial charge in [-0.2, -0.15) is 0 Å². The van der Waals surface area contributed by atoms with Crippen molar-refractivity contribution in [2.24, 2.45) is 0 Å². The number of nitrogens with one attached hydrogen (secondary N) is 1. The van der Waals surface area contributed by atoms with Gasteiger partial charge in [0.2, 0.25) is 0 Å². The summed E-state index contributed by atoms with van der Waals surface area (Å²) in [6.45, 7) is 0.972. The molecule has 1 atom stereocenters. The third-order valence-electron chi connectivity index (χ3n) is 3.69. The molecule has 2 aromatic carbocycles. The molecule has 1 saturated heterocycles. The van der Waals surface area contributed by atoms with Crippen molar-refractivity contribution < 1.29 is 9.90 Å². The molecule has 2 aromatic rings. The van der Waals surface area contributed by atoms with Gasteiger partial charge in [0.25, 0.3) is 0 Å². The summed E-state index contributed by atoms with van der Waals surface area (Å²) >= 11 is 0. The SMILES string of the molecule is O=C(Nc1cccc(C#Cc2ccccc2)c1)N1CCC(O)C1.